The Morgan fingerprint density at radius 2 is 1.75 bits per heavy atom. The highest BCUT2D eigenvalue weighted by Gasteiger charge is 2.32. The lowest BCUT2D eigenvalue weighted by Crippen LogP contribution is -2.51. The molecule has 0 unspecified atom stereocenters. The van der Waals surface area contributed by atoms with Crippen molar-refractivity contribution < 1.29 is 9.59 Å². The van der Waals surface area contributed by atoms with Gasteiger partial charge in [-0.1, -0.05) is 55.5 Å². The number of nitrogens with one attached hydrogen (secondary N) is 2. The Balaban J connectivity index is 1.56. The minimum absolute atomic E-state index is 0.0375. The van der Waals surface area contributed by atoms with Crippen molar-refractivity contribution in [2.75, 3.05) is 18.4 Å². The van der Waals surface area contributed by atoms with Crippen molar-refractivity contribution >= 4 is 17.5 Å². The van der Waals surface area contributed by atoms with Gasteiger partial charge in [0.2, 0.25) is 11.8 Å². The van der Waals surface area contributed by atoms with Crippen LogP contribution in [0.3, 0.4) is 0 Å². The van der Waals surface area contributed by atoms with Gasteiger partial charge in [-0.25, -0.2) is 0 Å². The van der Waals surface area contributed by atoms with Crippen LogP contribution >= 0.6 is 0 Å². The maximum Gasteiger partial charge on any atom is 0.237 e. The fourth-order valence-electron chi connectivity index (χ4n) is 3.78. The molecule has 2 amide bonds. The molecule has 1 aliphatic rings. The van der Waals surface area contributed by atoms with Gasteiger partial charge in [0.15, 0.2) is 0 Å². The number of rotatable bonds is 7. The highest BCUT2D eigenvalue weighted by atomic mass is 16.2. The Morgan fingerprint density at radius 1 is 1.07 bits per heavy atom. The first-order valence-electron chi connectivity index (χ1n) is 10.1. The molecule has 2 atom stereocenters. The van der Waals surface area contributed by atoms with Crippen LogP contribution in [-0.2, 0) is 16.1 Å². The third kappa shape index (κ3) is 5.42. The lowest BCUT2D eigenvalue weighted by Gasteiger charge is -2.36. The number of benzene rings is 2. The summed E-state index contributed by atoms with van der Waals surface area (Å²) in [6, 6.07) is 19.3. The van der Waals surface area contributed by atoms with Gasteiger partial charge in [-0.3, -0.25) is 14.5 Å². The number of carbonyl (C=O) groups is 2. The highest BCUT2D eigenvalue weighted by molar-refractivity contribution is 5.92. The number of para-hydroxylation sites is 1. The predicted molar refractivity (Wildman–Crippen MR) is 112 cm³/mol. The van der Waals surface area contributed by atoms with Gasteiger partial charge in [0, 0.05) is 18.8 Å². The maximum atomic E-state index is 12.8. The van der Waals surface area contributed by atoms with Crippen molar-refractivity contribution in [1.82, 2.24) is 10.2 Å². The normalized spacial score (nSPS) is 18.2. The Labute approximate surface area is 167 Å². The summed E-state index contributed by atoms with van der Waals surface area (Å²) in [5, 5.41) is 6.05. The van der Waals surface area contributed by atoms with Crippen molar-refractivity contribution in [3.8, 4) is 0 Å². The highest BCUT2D eigenvalue weighted by Crippen LogP contribution is 2.21. The van der Waals surface area contributed by atoms with Crippen molar-refractivity contribution in [2.24, 2.45) is 5.92 Å². The summed E-state index contributed by atoms with van der Waals surface area (Å²) in [7, 11) is 0. The SMILES string of the molecule is CC[C@@H](C(=O)NCc1ccccc1)N1CCC[C@@H](C(=O)Nc2ccccc2)C1. The van der Waals surface area contributed by atoms with Gasteiger partial charge < -0.3 is 10.6 Å². The molecule has 2 aromatic carbocycles. The van der Waals surface area contributed by atoms with Crippen LogP contribution in [0.2, 0.25) is 0 Å². The summed E-state index contributed by atoms with van der Waals surface area (Å²) < 4.78 is 0. The quantitative estimate of drug-likeness (QED) is 0.775. The van der Waals surface area contributed by atoms with E-state index in [0.717, 1.165) is 37.1 Å². The zero-order chi connectivity index (χ0) is 19.8. The summed E-state index contributed by atoms with van der Waals surface area (Å²) in [4.78, 5) is 27.6. The van der Waals surface area contributed by atoms with Crippen molar-refractivity contribution in [3.63, 3.8) is 0 Å². The maximum absolute atomic E-state index is 12.8. The number of nitrogens with zero attached hydrogens (tertiary/aromatic N) is 1. The fourth-order valence-corrected chi connectivity index (χ4v) is 3.78. The summed E-state index contributed by atoms with van der Waals surface area (Å²) in [5.41, 5.74) is 1.90. The molecule has 148 valence electrons. The number of carbonyl (C=O) groups excluding carboxylic acids is 2. The van der Waals surface area contributed by atoms with Crippen molar-refractivity contribution in [3.05, 3.63) is 66.2 Å². The smallest absolute Gasteiger partial charge is 0.237 e. The largest absolute Gasteiger partial charge is 0.351 e. The van der Waals surface area contributed by atoms with Gasteiger partial charge in [0.25, 0.3) is 0 Å². The molecular formula is C23H29N3O2. The van der Waals surface area contributed by atoms with Gasteiger partial charge in [0.1, 0.15) is 0 Å². The Bertz CT molecular complexity index is 764. The minimum atomic E-state index is -0.198. The molecule has 1 fully saturated rings. The van der Waals surface area contributed by atoms with E-state index >= 15 is 0 Å². The summed E-state index contributed by atoms with van der Waals surface area (Å²) >= 11 is 0. The molecule has 0 bridgehead atoms. The second-order valence-corrected chi connectivity index (χ2v) is 7.32. The second-order valence-electron chi connectivity index (χ2n) is 7.32. The molecule has 28 heavy (non-hydrogen) atoms. The molecule has 1 aliphatic heterocycles. The molecule has 0 spiro atoms. The average Bonchev–Trinajstić information content (AvgIpc) is 2.74. The van der Waals surface area contributed by atoms with E-state index in [1.165, 1.54) is 0 Å². The lowest BCUT2D eigenvalue weighted by atomic mass is 9.95. The van der Waals surface area contributed by atoms with E-state index in [-0.39, 0.29) is 23.8 Å². The molecule has 2 N–H and O–H groups in total. The molecule has 0 saturated carbocycles. The standard InChI is InChI=1S/C23H29N3O2/c1-2-21(23(28)24-16-18-10-5-3-6-11-18)26-15-9-12-19(17-26)22(27)25-20-13-7-4-8-14-20/h3-8,10-11,13-14,19,21H,2,9,12,15-17H2,1H3,(H,24,28)(H,25,27)/t19-,21+/m1/s1. The van der Waals surface area contributed by atoms with E-state index < -0.39 is 0 Å². The van der Waals surface area contributed by atoms with Crippen LogP contribution < -0.4 is 10.6 Å². The van der Waals surface area contributed by atoms with Crippen LogP contribution in [0.25, 0.3) is 0 Å². The molecule has 1 heterocycles. The molecule has 0 aromatic heterocycles. The van der Waals surface area contributed by atoms with Crippen LogP contribution in [0, 0.1) is 5.92 Å². The van der Waals surface area contributed by atoms with Gasteiger partial charge in [-0.15, -0.1) is 0 Å². The van der Waals surface area contributed by atoms with Crippen LogP contribution in [-0.4, -0.2) is 35.8 Å². The molecule has 5 heteroatoms. The second kappa shape index (κ2) is 10.0. The van der Waals surface area contributed by atoms with E-state index in [1.807, 2.05) is 67.6 Å². The summed E-state index contributed by atoms with van der Waals surface area (Å²) in [6.45, 7) is 4.03. The zero-order valence-electron chi connectivity index (χ0n) is 16.4. The van der Waals surface area contributed by atoms with Gasteiger partial charge >= 0.3 is 0 Å². The summed E-state index contributed by atoms with van der Waals surface area (Å²) in [6.07, 6.45) is 2.51. The lowest BCUT2D eigenvalue weighted by molar-refractivity contribution is -0.130. The predicted octanol–water partition coefficient (Wildman–Crippen LogP) is 3.43. The monoisotopic (exact) mass is 379 g/mol. The first-order valence-corrected chi connectivity index (χ1v) is 10.1. The first-order chi connectivity index (χ1) is 13.7. The Morgan fingerprint density at radius 3 is 2.43 bits per heavy atom. The first kappa shape index (κ1) is 20.1. The number of hydrogen-bond acceptors (Lipinski definition) is 3. The van der Waals surface area contributed by atoms with Crippen LogP contribution in [0.5, 0.6) is 0 Å². The van der Waals surface area contributed by atoms with Crippen LogP contribution in [0.4, 0.5) is 5.69 Å². The average molecular weight is 380 g/mol. The molecular weight excluding hydrogens is 350 g/mol. The van der Waals surface area contributed by atoms with Gasteiger partial charge in [0.05, 0.1) is 12.0 Å². The van der Waals surface area contributed by atoms with E-state index in [0.29, 0.717) is 13.1 Å². The van der Waals surface area contributed by atoms with E-state index in [2.05, 4.69) is 15.5 Å². The third-order valence-corrected chi connectivity index (χ3v) is 5.30. The van der Waals surface area contributed by atoms with Crippen molar-refractivity contribution in [2.45, 2.75) is 38.8 Å². The molecule has 0 aliphatic carbocycles. The minimum Gasteiger partial charge on any atom is -0.351 e. The number of hydrogen-bond donors (Lipinski definition) is 2. The number of amides is 2. The van der Waals surface area contributed by atoms with E-state index in [9.17, 15) is 9.59 Å². The van der Waals surface area contributed by atoms with Crippen LogP contribution in [0.15, 0.2) is 60.7 Å². The molecule has 5 nitrogen and oxygen atoms in total. The third-order valence-electron chi connectivity index (χ3n) is 5.30. The fraction of sp³-hybridized carbons (Fsp3) is 0.391. The molecule has 2 aromatic rings. The Hall–Kier alpha value is -2.66. The zero-order valence-corrected chi connectivity index (χ0v) is 16.4. The molecule has 3 rings (SSSR count). The number of anilines is 1. The van der Waals surface area contributed by atoms with E-state index in [4.69, 9.17) is 0 Å². The number of piperidine rings is 1. The summed E-state index contributed by atoms with van der Waals surface area (Å²) in [5.74, 6) is -0.0177. The molecule has 1 saturated heterocycles. The van der Waals surface area contributed by atoms with Gasteiger partial charge in [-0.2, -0.15) is 0 Å². The topological polar surface area (TPSA) is 61.4 Å². The Kier molecular flexibility index (Phi) is 7.20. The molecule has 0 radical (unpaired) electrons. The van der Waals surface area contributed by atoms with Crippen LogP contribution in [0.1, 0.15) is 31.7 Å². The number of likely N-dealkylation sites (tertiary alicyclic amines) is 1. The van der Waals surface area contributed by atoms with Crippen molar-refractivity contribution in [1.29, 1.82) is 0 Å². The van der Waals surface area contributed by atoms with Gasteiger partial charge in [-0.05, 0) is 43.5 Å². The van der Waals surface area contributed by atoms with E-state index in [1.54, 1.807) is 0 Å².